The smallest absolute Gasteiger partial charge is 0.137 e. The molecule has 0 bridgehead atoms. The number of anilines is 2. The Morgan fingerprint density at radius 2 is 2.31 bits per heavy atom. The van der Waals surface area contributed by atoms with E-state index in [9.17, 15) is 0 Å². The fraction of sp³-hybridized carbons (Fsp3) is 0.273. The summed E-state index contributed by atoms with van der Waals surface area (Å²) in [5, 5.41) is 9.94. The van der Waals surface area contributed by atoms with Crippen molar-refractivity contribution >= 4 is 11.4 Å². The minimum atomic E-state index is 0.771. The van der Waals surface area contributed by atoms with Crippen LogP contribution < -0.4 is 11.1 Å². The molecule has 0 aliphatic heterocycles. The van der Waals surface area contributed by atoms with Crippen LogP contribution in [0.3, 0.4) is 0 Å². The zero-order valence-corrected chi connectivity index (χ0v) is 9.20. The molecule has 0 amide bonds. The van der Waals surface area contributed by atoms with E-state index in [2.05, 4.69) is 27.4 Å². The molecule has 4 N–H and O–H groups in total. The van der Waals surface area contributed by atoms with Crippen molar-refractivity contribution < 1.29 is 0 Å². The predicted octanol–water partition coefficient (Wildman–Crippen LogP) is 1.35. The van der Waals surface area contributed by atoms with Crippen molar-refractivity contribution in [2.75, 3.05) is 17.6 Å². The van der Waals surface area contributed by atoms with Crippen LogP contribution in [0.5, 0.6) is 0 Å². The highest BCUT2D eigenvalue weighted by atomic mass is 15.2. The van der Waals surface area contributed by atoms with Gasteiger partial charge in [0.2, 0.25) is 0 Å². The SMILES string of the molecule is Cc1ccc(N)cc1NCCc1ncn[nH]1. The Morgan fingerprint density at radius 3 is 3.06 bits per heavy atom. The summed E-state index contributed by atoms with van der Waals surface area (Å²) in [6.45, 7) is 2.86. The van der Waals surface area contributed by atoms with E-state index in [4.69, 9.17) is 5.73 Å². The standard InChI is InChI=1S/C11H15N5/c1-8-2-3-9(12)6-10(8)13-5-4-11-14-7-15-16-11/h2-3,6-7,13H,4-5,12H2,1H3,(H,14,15,16). The van der Waals surface area contributed by atoms with Gasteiger partial charge < -0.3 is 11.1 Å². The number of aryl methyl sites for hydroxylation is 1. The lowest BCUT2D eigenvalue weighted by Gasteiger charge is -2.09. The fourth-order valence-corrected chi connectivity index (χ4v) is 1.50. The Morgan fingerprint density at radius 1 is 1.44 bits per heavy atom. The molecule has 1 aromatic heterocycles. The molecule has 0 spiro atoms. The summed E-state index contributed by atoms with van der Waals surface area (Å²) >= 11 is 0. The van der Waals surface area contributed by atoms with Crippen molar-refractivity contribution in [3.8, 4) is 0 Å². The largest absolute Gasteiger partial charge is 0.399 e. The maximum atomic E-state index is 5.73. The molecular formula is C11H15N5. The van der Waals surface area contributed by atoms with Crippen LogP contribution in [0, 0.1) is 6.92 Å². The number of hydrogen-bond donors (Lipinski definition) is 3. The van der Waals surface area contributed by atoms with Crippen molar-refractivity contribution in [1.82, 2.24) is 15.2 Å². The molecule has 16 heavy (non-hydrogen) atoms. The molecule has 0 aliphatic carbocycles. The third kappa shape index (κ3) is 2.50. The molecule has 0 saturated carbocycles. The van der Waals surface area contributed by atoms with Gasteiger partial charge in [-0.05, 0) is 24.6 Å². The first-order chi connectivity index (χ1) is 7.75. The van der Waals surface area contributed by atoms with E-state index in [-0.39, 0.29) is 0 Å². The summed E-state index contributed by atoms with van der Waals surface area (Å²) < 4.78 is 0. The number of H-pyrrole nitrogens is 1. The van der Waals surface area contributed by atoms with Gasteiger partial charge >= 0.3 is 0 Å². The van der Waals surface area contributed by atoms with Gasteiger partial charge in [0.1, 0.15) is 12.2 Å². The van der Waals surface area contributed by atoms with E-state index in [1.165, 1.54) is 11.9 Å². The molecule has 5 nitrogen and oxygen atoms in total. The first-order valence-electron chi connectivity index (χ1n) is 5.20. The molecular weight excluding hydrogens is 202 g/mol. The average Bonchev–Trinajstić information content (AvgIpc) is 2.76. The first kappa shape index (κ1) is 10.5. The summed E-state index contributed by atoms with van der Waals surface area (Å²) in [6, 6.07) is 5.85. The third-order valence-corrected chi connectivity index (χ3v) is 2.40. The molecule has 0 fully saturated rings. The Balaban J connectivity index is 1.92. The monoisotopic (exact) mass is 217 g/mol. The second-order valence-electron chi connectivity index (χ2n) is 3.68. The number of hydrogen-bond acceptors (Lipinski definition) is 4. The third-order valence-electron chi connectivity index (χ3n) is 2.40. The molecule has 1 heterocycles. The summed E-state index contributed by atoms with van der Waals surface area (Å²) in [5.41, 5.74) is 8.75. The van der Waals surface area contributed by atoms with Gasteiger partial charge in [0, 0.05) is 24.3 Å². The molecule has 2 aromatic rings. The maximum absolute atomic E-state index is 5.73. The predicted molar refractivity (Wildman–Crippen MR) is 64.2 cm³/mol. The molecule has 5 heteroatoms. The lowest BCUT2D eigenvalue weighted by molar-refractivity contribution is 0.900. The van der Waals surface area contributed by atoms with Gasteiger partial charge in [-0.1, -0.05) is 6.07 Å². The number of aromatic nitrogens is 3. The number of nitrogens with zero attached hydrogens (tertiary/aromatic N) is 2. The molecule has 0 atom stereocenters. The van der Waals surface area contributed by atoms with Crippen molar-refractivity contribution in [2.24, 2.45) is 0 Å². The van der Waals surface area contributed by atoms with Crippen molar-refractivity contribution in [2.45, 2.75) is 13.3 Å². The zero-order chi connectivity index (χ0) is 11.4. The second kappa shape index (κ2) is 4.65. The Hall–Kier alpha value is -2.04. The van der Waals surface area contributed by atoms with E-state index in [0.29, 0.717) is 0 Å². The van der Waals surface area contributed by atoms with Gasteiger partial charge in [0.15, 0.2) is 0 Å². The van der Waals surface area contributed by atoms with E-state index in [1.807, 2.05) is 18.2 Å². The van der Waals surface area contributed by atoms with E-state index < -0.39 is 0 Å². The molecule has 1 aromatic carbocycles. The van der Waals surface area contributed by atoms with E-state index in [1.54, 1.807) is 0 Å². The van der Waals surface area contributed by atoms with Gasteiger partial charge in [0.05, 0.1) is 0 Å². The van der Waals surface area contributed by atoms with E-state index in [0.717, 1.165) is 30.2 Å². The van der Waals surface area contributed by atoms with Crippen LogP contribution in [0.25, 0.3) is 0 Å². The lowest BCUT2D eigenvalue weighted by Crippen LogP contribution is -2.07. The van der Waals surface area contributed by atoms with E-state index >= 15 is 0 Å². The zero-order valence-electron chi connectivity index (χ0n) is 9.20. The maximum Gasteiger partial charge on any atom is 0.137 e. The number of nitrogens with one attached hydrogen (secondary N) is 2. The van der Waals surface area contributed by atoms with Crippen molar-refractivity contribution in [3.05, 3.63) is 35.9 Å². The molecule has 0 unspecified atom stereocenters. The van der Waals surface area contributed by atoms with Gasteiger partial charge in [-0.25, -0.2) is 4.98 Å². The van der Waals surface area contributed by atoms with Crippen molar-refractivity contribution in [1.29, 1.82) is 0 Å². The summed E-state index contributed by atoms with van der Waals surface area (Å²) in [6.07, 6.45) is 2.33. The van der Waals surface area contributed by atoms with Crippen molar-refractivity contribution in [3.63, 3.8) is 0 Å². The van der Waals surface area contributed by atoms with Gasteiger partial charge in [-0.2, -0.15) is 5.10 Å². The number of nitrogen functional groups attached to an aromatic ring is 1. The second-order valence-corrected chi connectivity index (χ2v) is 3.68. The topological polar surface area (TPSA) is 79.6 Å². The summed E-state index contributed by atoms with van der Waals surface area (Å²) in [4.78, 5) is 4.06. The molecule has 0 saturated heterocycles. The summed E-state index contributed by atoms with van der Waals surface area (Å²) in [7, 11) is 0. The van der Waals surface area contributed by atoms with Crippen LogP contribution in [0.2, 0.25) is 0 Å². The highest BCUT2D eigenvalue weighted by molar-refractivity contribution is 5.59. The van der Waals surface area contributed by atoms with Crippen LogP contribution in [-0.4, -0.2) is 21.7 Å². The fourth-order valence-electron chi connectivity index (χ4n) is 1.50. The molecule has 0 radical (unpaired) electrons. The van der Waals surface area contributed by atoms with Crippen LogP contribution in [0.4, 0.5) is 11.4 Å². The van der Waals surface area contributed by atoms with Gasteiger partial charge in [-0.3, -0.25) is 5.10 Å². The first-order valence-corrected chi connectivity index (χ1v) is 5.20. The highest BCUT2D eigenvalue weighted by Gasteiger charge is 1.99. The molecule has 84 valence electrons. The van der Waals surface area contributed by atoms with Crippen LogP contribution in [0.1, 0.15) is 11.4 Å². The highest BCUT2D eigenvalue weighted by Crippen LogP contribution is 2.17. The number of aromatic amines is 1. The normalized spacial score (nSPS) is 10.3. The van der Waals surface area contributed by atoms with Crippen LogP contribution in [0.15, 0.2) is 24.5 Å². The quantitative estimate of drug-likeness (QED) is 0.675. The lowest BCUT2D eigenvalue weighted by atomic mass is 10.2. The molecule has 0 aliphatic rings. The Bertz CT molecular complexity index is 449. The van der Waals surface area contributed by atoms with Gasteiger partial charge in [-0.15, -0.1) is 0 Å². The number of nitrogens with two attached hydrogens (primary N) is 1. The van der Waals surface area contributed by atoms with Crippen LogP contribution in [-0.2, 0) is 6.42 Å². The van der Waals surface area contributed by atoms with Crippen LogP contribution >= 0.6 is 0 Å². The summed E-state index contributed by atoms with van der Waals surface area (Å²) in [5.74, 6) is 0.883. The minimum absolute atomic E-state index is 0.771. The Labute approximate surface area is 94.1 Å². The minimum Gasteiger partial charge on any atom is -0.399 e. The van der Waals surface area contributed by atoms with Gasteiger partial charge in [0.25, 0.3) is 0 Å². The number of benzene rings is 1. The molecule has 2 rings (SSSR count). The number of rotatable bonds is 4. The average molecular weight is 217 g/mol. The Kier molecular flexibility index (Phi) is 3.05.